The molecule has 0 bridgehead atoms. The molecule has 0 aliphatic heterocycles. The molecule has 0 saturated heterocycles. The van der Waals surface area contributed by atoms with Gasteiger partial charge in [-0.05, 0) is 31.8 Å². The van der Waals surface area contributed by atoms with Crippen molar-refractivity contribution in [2.24, 2.45) is 5.92 Å². The molecule has 0 aliphatic rings. The van der Waals surface area contributed by atoms with Crippen molar-refractivity contribution >= 4 is 17.7 Å². The van der Waals surface area contributed by atoms with Gasteiger partial charge in [-0.1, -0.05) is 6.92 Å². The van der Waals surface area contributed by atoms with Crippen LogP contribution in [-0.4, -0.2) is 24.0 Å². The minimum absolute atomic E-state index is 0.136. The van der Waals surface area contributed by atoms with Crippen LogP contribution in [0.25, 0.3) is 0 Å². The number of amides is 1. The Morgan fingerprint density at radius 3 is 2.71 bits per heavy atom. The summed E-state index contributed by atoms with van der Waals surface area (Å²) in [6, 6.07) is 2.16. The van der Waals surface area contributed by atoms with E-state index in [0.717, 1.165) is 12.2 Å². The van der Waals surface area contributed by atoms with E-state index in [9.17, 15) is 4.79 Å². The van der Waals surface area contributed by atoms with Crippen LogP contribution in [-0.2, 0) is 4.79 Å². The minimum Gasteiger partial charge on any atom is -0.352 e. The third-order valence-electron chi connectivity index (χ3n) is 2.02. The Balaban J connectivity index is 3.87. The molecule has 2 atom stereocenters. The van der Waals surface area contributed by atoms with Crippen LogP contribution in [0.3, 0.4) is 0 Å². The number of nitrogens with one attached hydrogen (secondary N) is 1. The fourth-order valence-electron chi connectivity index (χ4n) is 1.05. The Morgan fingerprint density at radius 2 is 2.29 bits per heavy atom. The number of rotatable bonds is 6. The van der Waals surface area contributed by atoms with Crippen molar-refractivity contribution in [1.82, 2.24) is 5.32 Å². The molecule has 0 heterocycles. The molecule has 0 aliphatic carbocycles. The maximum absolute atomic E-state index is 11.4. The Bertz CT molecular complexity index is 213. The van der Waals surface area contributed by atoms with Gasteiger partial charge in [0.25, 0.3) is 0 Å². The van der Waals surface area contributed by atoms with Crippen LogP contribution in [0, 0.1) is 17.2 Å². The van der Waals surface area contributed by atoms with Gasteiger partial charge in [0.1, 0.15) is 5.92 Å². The van der Waals surface area contributed by atoms with Gasteiger partial charge in [-0.15, -0.1) is 0 Å². The summed E-state index contributed by atoms with van der Waals surface area (Å²) in [5.74, 6) is 0.403. The molecule has 1 N–H and O–H groups in total. The van der Waals surface area contributed by atoms with Crippen molar-refractivity contribution in [2.45, 2.75) is 32.7 Å². The number of thioether (sulfide) groups is 1. The zero-order chi connectivity index (χ0) is 11.0. The first kappa shape index (κ1) is 13.3. The van der Waals surface area contributed by atoms with Crippen LogP contribution in [0.5, 0.6) is 0 Å². The van der Waals surface area contributed by atoms with Gasteiger partial charge < -0.3 is 5.32 Å². The summed E-state index contributed by atoms with van der Waals surface area (Å²) in [5.41, 5.74) is 0. The van der Waals surface area contributed by atoms with Crippen molar-refractivity contribution < 1.29 is 4.79 Å². The van der Waals surface area contributed by atoms with Crippen molar-refractivity contribution in [2.75, 3.05) is 12.0 Å². The lowest BCUT2D eigenvalue weighted by atomic mass is 10.1. The van der Waals surface area contributed by atoms with Crippen LogP contribution < -0.4 is 5.32 Å². The number of nitrogens with zero attached hydrogens (tertiary/aromatic N) is 1. The van der Waals surface area contributed by atoms with E-state index >= 15 is 0 Å². The quantitative estimate of drug-likeness (QED) is 0.733. The second kappa shape index (κ2) is 7.69. The predicted octanol–water partition coefficient (Wildman–Crippen LogP) is 1.79. The van der Waals surface area contributed by atoms with Gasteiger partial charge in [-0.2, -0.15) is 17.0 Å². The molecule has 0 spiro atoms. The Kier molecular flexibility index (Phi) is 7.31. The van der Waals surface area contributed by atoms with E-state index in [-0.39, 0.29) is 11.9 Å². The molecule has 0 radical (unpaired) electrons. The number of hydrogen-bond donors (Lipinski definition) is 1. The largest absolute Gasteiger partial charge is 0.352 e. The van der Waals surface area contributed by atoms with Crippen molar-refractivity contribution in [1.29, 1.82) is 5.26 Å². The first-order valence-electron chi connectivity index (χ1n) is 4.84. The van der Waals surface area contributed by atoms with E-state index in [0.29, 0.717) is 6.42 Å². The van der Waals surface area contributed by atoms with Gasteiger partial charge >= 0.3 is 0 Å². The Labute approximate surface area is 90.3 Å². The third kappa shape index (κ3) is 5.13. The first-order valence-corrected chi connectivity index (χ1v) is 6.24. The molecule has 0 aromatic rings. The number of carbonyl (C=O) groups excluding carboxylic acids is 1. The summed E-state index contributed by atoms with van der Waals surface area (Å²) in [5, 5.41) is 11.5. The molecule has 3 nitrogen and oxygen atoms in total. The number of hydrogen-bond acceptors (Lipinski definition) is 3. The van der Waals surface area contributed by atoms with E-state index in [4.69, 9.17) is 5.26 Å². The smallest absolute Gasteiger partial charge is 0.237 e. The van der Waals surface area contributed by atoms with E-state index in [1.807, 2.05) is 26.2 Å². The molecule has 1 amide bonds. The van der Waals surface area contributed by atoms with E-state index < -0.39 is 5.92 Å². The molecular weight excluding hydrogens is 196 g/mol. The zero-order valence-electron chi connectivity index (χ0n) is 9.04. The van der Waals surface area contributed by atoms with Crippen molar-refractivity contribution in [3.63, 3.8) is 0 Å². The topological polar surface area (TPSA) is 52.9 Å². The van der Waals surface area contributed by atoms with Crippen LogP contribution in [0.2, 0.25) is 0 Å². The Morgan fingerprint density at radius 1 is 1.64 bits per heavy atom. The normalized spacial score (nSPS) is 14.1. The van der Waals surface area contributed by atoms with Gasteiger partial charge in [-0.3, -0.25) is 4.79 Å². The molecule has 0 saturated carbocycles. The van der Waals surface area contributed by atoms with Crippen LogP contribution in [0.4, 0.5) is 0 Å². The lowest BCUT2D eigenvalue weighted by Crippen LogP contribution is -2.36. The standard InChI is InChI=1S/C10H18N2OS/c1-4-9(7-11)10(13)12-8(2)5-6-14-3/h8-9H,4-6H2,1-3H3,(H,12,13). The maximum Gasteiger partial charge on any atom is 0.237 e. The summed E-state index contributed by atoms with van der Waals surface area (Å²) >= 11 is 1.76. The summed E-state index contributed by atoms with van der Waals surface area (Å²) in [7, 11) is 0. The summed E-state index contributed by atoms with van der Waals surface area (Å²) in [6.45, 7) is 3.82. The summed E-state index contributed by atoms with van der Waals surface area (Å²) < 4.78 is 0. The highest BCUT2D eigenvalue weighted by Crippen LogP contribution is 2.04. The SMILES string of the molecule is CCC(C#N)C(=O)NC(C)CCSC. The van der Waals surface area contributed by atoms with Crippen molar-refractivity contribution in [3.05, 3.63) is 0 Å². The fraction of sp³-hybridized carbons (Fsp3) is 0.800. The Hall–Kier alpha value is -0.690. The number of carbonyl (C=O) groups is 1. The monoisotopic (exact) mass is 214 g/mol. The van der Waals surface area contributed by atoms with Gasteiger partial charge in [0.05, 0.1) is 6.07 Å². The fourth-order valence-corrected chi connectivity index (χ4v) is 1.63. The van der Waals surface area contributed by atoms with Gasteiger partial charge in [0, 0.05) is 6.04 Å². The zero-order valence-corrected chi connectivity index (χ0v) is 9.86. The lowest BCUT2D eigenvalue weighted by molar-refractivity contribution is -0.124. The molecule has 0 aromatic heterocycles. The van der Waals surface area contributed by atoms with Gasteiger partial charge in [-0.25, -0.2) is 0 Å². The predicted molar refractivity (Wildman–Crippen MR) is 60.0 cm³/mol. The van der Waals surface area contributed by atoms with E-state index in [1.54, 1.807) is 11.8 Å². The van der Waals surface area contributed by atoms with E-state index in [2.05, 4.69) is 5.32 Å². The van der Waals surface area contributed by atoms with Crippen LogP contribution in [0.1, 0.15) is 26.7 Å². The van der Waals surface area contributed by atoms with E-state index in [1.165, 1.54) is 0 Å². The lowest BCUT2D eigenvalue weighted by Gasteiger charge is -2.14. The number of nitriles is 1. The average Bonchev–Trinajstić information content (AvgIpc) is 2.16. The maximum atomic E-state index is 11.4. The molecule has 0 fully saturated rings. The summed E-state index contributed by atoms with van der Waals surface area (Å²) in [4.78, 5) is 11.4. The average molecular weight is 214 g/mol. The molecular formula is C10H18N2OS. The summed E-state index contributed by atoms with van der Waals surface area (Å²) in [6.07, 6.45) is 3.57. The molecule has 0 rings (SSSR count). The minimum atomic E-state index is -0.494. The van der Waals surface area contributed by atoms with Gasteiger partial charge in [0.2, 0.25) is 5.91 Å². The highest BCUT2D eigenvalue weighted by molar-refractivity contribution is 7.98. The molecule has 80 valence electrons. The second-order valence-corrected chi connectivity index (χ2v) is 4.27. The van der Waals surface area contributed by atoms with Crippen LogP contribution >= 0.6 is 11.8 Å². The molecule has 4 heteroatoms. The van der Waals surface area contributed by atoms with Crippen molar-refractivity contribution in [3.8, 4) is 6.07 Å². The van der Waals surface area contributed by atoms with Crippen LogP contribution in [0.15, 0.2) is 0 Å². The highest BCUT2D eigenvalue weighted by Gasteiger charge is 2.16. The second-order valence-electron chi connectivity index (χ2n) is 3.28. The molecule has 2 unspecified atom stereocenters. The highest BCUT2D eigenvalue weighted by atomic mass is 32.2. The van der Waals surface area contributed by atoms with Gasteiger partial charge in [0.15, 0.2) is 0 Å². The molecule has 14 heavy (non-hydrogen) atoms. The third-order valence-corrected chi connectivity index (χ3v) is 2.67. The first-order chi connectivity index (χ1) is 6.65. The molecule has 0 aromatic carbocycles.